The summed E-state index contributed by atoms with van der Waals surface area (Å²) in [5.74, 6) is 1.76. The summed E-state index contributed by atoms with van der Waals surface area (Å²) in [6, 6.07) is 17.4. The molecule has 2 aliphatic heterocycles. The van der Waals surface area contributed by atoms with E-state index in [4.69, 9.17) is 19.4 Å². The summed E-state index contributed by atoms with van der Waals surface area (Å²) in [5.41, 5.74) is 4.10. The van der Waals surface area contributed by atoms with Crippen LogP contribution in [0, 0.1) is 5.92 Å². The van der Waals surface area contributed by atoms with Crippen molar-refractivity contribution in [2.75, 3.05) is 46.5 Å². The third kappa shape index (κ3) is 5.02. The van der Waals surface area contributed by atoms with E-state index in [0.29, 0.717) is 24.9 Å². The average Bonchev–Trinajstić information content (AvgIpc) is 3.79. The highest BCUT2D eigenvalue weighted by molar-refractivity contribution is 5.85. The van der Waals surface area contributed by atoms with Gasteiger partial charge >= 0.3 is 0 Å². The van der Waals surface area contributed by atoms with Gasteiger partial charge in [0.1, 0.15) is 23.9 Å². The number of hydrogen-bond acceptors (Lipinski definition) is 8. The van der Waals surface area contributed by atoms with Gasteiger partial charge in [-0.1, -0.05) is 35.5 Å². The maximum absolute atomic E-state index is 13.8. The molecule has 1 amide bonds. The van der Waals surface area contributed by atoms with Gasteiger partial charge in [-0.3, -0.25) is 9.69 Å². The molecule has 1 N–H and O–H groups in total. The molecule has 2 fully saturated rings. The lowest BCUT2D eigenvalue weighted by Gasteiger charge is -2.41. The first-order valence-corrected chi connectivity index (χ1v) is 14.0. The molecule has 41 heavy (non-hydrogen) atoms. The van der Waals surface area contributed by atoms with Crippen molar-refractivity contribution in [2.45, 2.75) is 19.0 Å². The monoisotopic (exact) mass is 552 g/mol. The molecule has 5 heterocycles. The van der Waals surface area contributed by atoms with Crippen molar-refractivity contribution in [1.82, 2.24) is 39.7 Å². The van der Waals surface area contributed by atoms with Crippen LogP contribution in [0.3, 0.4) is 0 Å². The van der Waals surface area contributed by atoms with E-state index >= 15 is 0 Å². The Kier molecular flexibility index (Phi) is 6.81. The number of methoxy groups -OCH3 is 1. The molecule has 2 saturated heterocycles. The van der Waals surface area contributed by atoms with Crippen LogP contribution < -0.4 is 4.74 Å². The first-order chi connectivity index (χ1) is 20.2. The van der Waals surface area contributed by atoms with Gasteiger partial charge in [0, 0.05) is 38.2 Å². The van der Waals surface area contributed by atoms with Gasteiger partial charge in [-0.25, -0.2) is 14.6 Å². The van der Waals surface area contributed by atoms with Gasteiger partial charge in [0.05, 0.1) is 42.2 Å². The molecular weight excluding hydrogens is 520 g/mol. The van der Waals surface area contributed by atoms with Crippen molar-refractivity contribution >= 4 is 27.8 Å². The molecule has 0 spiro atoms. The van der Waals surface area contributed by atoms with Crippen LogP contribution in [-0.4, -0.2) is 92.2 Å². The number of nitrogens with one attached hydrogen (secondary N) is 1. The summed E-state index contributed by atoms with van der Waals surface area (Å²) in [6.07, 6.45) is 2.88. The summed E-state index contributed by atoms with van der Waals surface area (Å²) < 4.78 is 12.9. The third-order valence-corrected chi connectivity index (χ3v) is 8.11. The Morgan fingerprint density at radius 2 is 1.98 bits per heavy atom. The van der Waals surface area contributed by atoms with Crippen LogP contribution in [0.1, 0.15) is 18.3 Å². The number of H-pyrrole nitrogens is 1. The van der Waals surface area contributed by atoms with E-state index in [1.54, 1.807) is 18.0 Å². The predicted octanol–water partition coefficient (Wildman–Crippen LogP) is 3.30. The summed E-state index contributed by atoms with van der Waals surface area (Å²) in [6.45, 7) is 4.75. The van der Waals surface area contributed by atoms with Crippen LogP contribution in [-0.2, 0) is 16.1 Å². The Morgan fingerprint density at radius 1 is 1.12 bits per heavy atom. The number of para-hydroxylation sites is 2. The fraction of sp³-hybridized carbons (Fsp3) is 0.367. The van der Waals surface area contributed by atoms with Crippen molar-refractivity contribution in [1.29, 1.82) is 0 Å². The number of piperazine rings is 1. The number of amides is 1. The van der Waals surface area contributed by atoms with Crippen LogP contribution >= 0.6 is 0 Å². The number of nitrogens with zero attached hydrogens (tertiary/aromatic N) is 7. The number of imidazole rings is 1. The van der Waals surface area contributed by atoms with E-state index in [2.05, 4.69) is 26.3 Å². The number of hydrogen-bond donors (Lipinski definition) is 1. The molecule has 5 aromatic rings. The van der Waals surface area contributed by atoms with Crippen LogP contribution in [0.15, 0.2) is 60.8 Å². The normalized spacial score (nSPS) is 19.8. The second-order valence-corrected chi connectivity index (χ2v) is 10.7. The molecule has 210 valence electrons. The smallest absolute Gasteiger partial charge is 0.245 e. The molecule has 0 bridgehead atoms. The minimum atomic E-state index is -0.249. The molecule has 11 nitrogen and oxygen atoms in total. The molecule has 7 rings (SSSR count). The topological polar surface area (TPSA) is 114 Å². The number of benzene rings is 2. The lowest BCUT2D eigenvalue weighted by molar-refractivity contribution is -0.137. The Bertz CT molecular complexity index is 1690. The van der Waals surface area contributed by atoms with E-state index in [0.717, 1.165) is 71.7 Å². The molecule has 0 saturated carbocycles. The minimum absolute atomic E-state index is 0.0163. The SMILES string of the molecule is COc1nc2ccccc2cc1-c1cnc(C2CN(CC3CCOC3)CCN2C(=O)Cn2nnc3ccccc32)[nH]1. The molecule has 3 aromatic heterocycles. The number of carbonyl (C=O) groups excluding carboxylic acids is 1. The largest absolute Gasteiger partial charge is 0.480 e. The zero-order valence-electron chi connectivity index (χ0n) is 22.9. The first kappa shape index (κ1) is 25.6. The van der Waals surface area contributed by atoms with E-state index in [9.17, 15) is 4.79 Å². The average molecular weight is 553 g/mol. The summed E-state index contributed by atoms with van der Waals surface area (Å²) in [4.78, 5) is 31.2. The summed E-state index contributed by atoms with van der Waals surface area (Å²) in [5, 5.41) is 9.49. The van der Waals surface area contributed by atoms with Crippen LogP contribution in [0.25, 0.3) is 33.2 Å². The van der Waals surface area contributed by atoms with Crippen molar-refractivity contribution in [3.8, 4) is 17.1 Å². The number of aromatic amines is 1. The van der Waals surface area contributed by atoms with Crippen LogP contribution in [0.2, 0.25) is 0 Å². The second kappa shape index (κ2) is 10.9. The van der Waals surface area contributed by atoms with Gasteiger partial charge < -0.3 is 19.4 Å². The Balaban J connectivity index is 1.19. The van der Waals surface area contributed by atoms with Gasteiger partial charge in [-0.05, 0) is 36.6 Å². The molecule has 0 radical (unpaired) electrons. The van der Waals surface area contributed by atoms with E-state index < -0.39 is 0 Å². The first-order valence-electron chi connectivity index (χ1n) is 14.0. The van der Waals surface area contributed by atoms with Crippen LogP contribution in [0.5, 0.6) is 5.88 Å². The molecule has 2 aromatic carbocycles. The lowest BCUT2D eigenvalue weighted by Crippen LogP contribution is -2.52. The predicted molar refractivity (Wildman–Crippen MR) is 153 cm³/mol. The number of ether oxygens (including phenoxy) is 2. The number of fused-ring (bicyclic) bond motifs is 2. The molecule has 2 unspecified atom stereocenters. The van der Waals surface area contributed by atoms with Crippen molar-refractivity contribution in [2.24, 2.45) is 5.92 Å². The maximum atomic E-state index is 13.8. The van der Waals surface area contributed by atoms with Crippen molar-refractivity contribution in [3.63, 3.8) is 0 Å². The van der Waals surface area contributed by atoms with Crippen molar-refractivity contribution < 1.29 is 14.3 Å². The summed E-state index contributed by atoms with van der Waals surface area (Å²) in [7, 11) is 1.62. The van der Waals surface area contributed by atoms with Gasteiger partial charge in [-0.15, -0.1) is 5.10 Å². The van der Waals surface area contributed by atoms with Gasteiger partial charge in [0.25, 0.3) is 0 Å². The Labute approximate surface area is 237 Å². The fourth-order valence-electron chi connectivity index (χ4n) is 5.97. The summed E-state index contributed by atoms with van der Waals surface area (Å²) >= 11 is 0. The number of carbonyl (C=O) groups is 1. The number of pyridine rings is 1. The molecule has 2 atom stereocenters. The lowest BCUT2D eigenvalue weighted by atomic mass is 10.1. The standard InChI is InChI=1S/C30H32N8O3/c1-40-30-22(14-21-6-2-3-7-23(21)33-30)25-15-31-29(32-25)27-17-36(16-20-10-13-41-19-20)11-12-37(27)28(39)18-38-26-9-5-4-8-24(26)34-35-38/h2-9,14-15,20,27H,10-13,16-19H2,1H3,(H,31,32). The van der Waals surface area contributed by atoms with Crippen LogP contribution in [0.4, 0.5) is 0 Å². The highest BCUT2D eigenvalue weighted by Crippen LogP contribution is 2.33. The highest BCUT2D eigenvalue weighted by atomic mass is 16.5. The van der Waals surface area contributed by atoms with Gasteiger partial charge in [0.15, 0.2) is 0 Å². The van der Waals surface area contributed by atoms with E-state index in [-0.39, 0.29) is 18.5 Å². The highest BCUT2D eigenvalue weighted by Gasteiger charge is 2.35. The zero-order chi connectivity index (χ0) is 27.8. The molecule has 0 aliphatic carbocycles. The quantitative estimate of drug-likeness (QED) is 0.327. The Hall–Kier alpha value is -4.35. The number of aromatic nitrogens is 6. The van der Waals surface area contributed by atoms with E-state index in [1.165, 1.54) is 0 Å². The van der Waals surface area contributed by atoms with Gasteiger partial charge in [0.2, 0.25) is 11.8 Å². The van der Waals surface area contributed by atoms with Crippen molar-refractivity contribution in [3.05, 3.63) is 66.6 Å². The van der Waals surface area contributed by atoms with E-state index in [1.807, 2.05) is 53.4 Å². The maximum Gasteiger partial charge on any atom is 0.245 e. The third-order valence-electron chi connectivity index (χ3n) is 8.11. The molecule has 2 aliphatic rings. The minimum Gasteiger partial charge on any atom is -0.480 e. The molecular formula is C30H32N8O3. The second-order valence-electron chi connectivity index (χ2n) is 10.7. The zero-order valence-corrected chi connectivity index (χ0v) is 22.9. The number of rotatable bonds is 7. The Morgan fingerprint density at radius 3 is 2.83 bits per heavy atom. The fourth-order valence-corrected chi connectivity index (χ4v) is 5.97. The molecule has 11 heteroatoms. The van der Waals surface area contributed by atoms with Gasteiger partial charge in [-0.2, -0.15) is 0 Å².